The summed E-state index contributed by atoms with van der Waals surface area (Å²) in [5.74, 6) is -1.70. The molecule has 0 N–H and O–H groups in total. The lowest BCUT2D eigenvalue weighted by Gasteiger charge is -2.20. The van der Waals surface area contributed by atoms with Gasteiger partial charge in [0, 0.05) is 11.5 Å². The van der Waals surface area contributed by atoms with Gasteiger partial charge in [-0.25, -0.2) is 8.78 Å². The number of nitrogens with zero attached hydrogens (tertiary/aromatic N) is 1. The summed E-state index contributed by atoms with van der Waals surface area (Å²) in [5, 5.41) is 0.827. The van der Waals surface area contributed by atoms with Gasteiger partial charge in [-0.05, 0) is 24.3 Å². The lowest BCUT2D eigenvalue weighted by molar-refractivity contribution is -0.632. The van der Waals surface area contributed by atoms with E-state index in [1.54, 1.807) is 18.2 Å². The molecule has 1 aliphatic heterocycles. The van der Waals surface area contributed by atoms with Crippen LogP contribution >= 0.6 is 0 Å². The second kappa shape index (κ2) is 6.52. The average Bonchev–Trinajstić information content (AvgIpc) is 2.69. The molecule has 4 aromatic rings. The number of hydrogen-bond acceptors (Lipinski definition) is 4. The highest BCUT2D eigenvalue weighted by Gasteiger charge is 2.48. The zero-order valence-corrected chi connectivity index (χ0v) is 16.8. The van der Waals surface area contributed by atoms with Gasteiger partial charge in [-0.1, -0.05) is 12.1 Å². The summed E-state index contributed by atoms with van der Waals surface area (Å²) in [6, 6.07) is 10.2. The highest BCUT2D eigenvalue weighted by atomic mass is 32.2. The maximum Gasteiger partial charge on any atom is 0.534 e. The molecule has 0 fully saturated rings. The van der Waals surface area contributed by atoms with Gasteiger partial charge in [0.25, 0.3) is 0 Å². The van der Waals surface area contributed by atoms with Gasteiger partial charge in [0.1, 0.15) is 30.2 Å². The molecule has 0 saturated heterocycles. The summed E-state index contributed by atoms with van der Waals surface area (Å²) in [4.78, 5) is 0. The SMILES string of the molecule is C[n+]1c2c3c(cccc3c3c(F)cc(OS(=O)(=O)C(F)(F)F)cc31)Oc1ccc(F)cc1-2. The van der Waals surface area contributed by atoms with Crippen LogP contribution in [0, 0.1) is 11.6 Å². The van der Waals surface area contributed by atoms with Crippen LogP contribution in [0.25, 0.3) is 32.9 Å². The molecule has 0 amide bonds. The quantitative estimate of drug-likeness (QED) is 0.119. The molecule has 2 heterocycles. The molecule has 0 radical (unpaired) electrons. The number of ether oxygens (including phenoxy) is 1. The molecule has 0 saturated carbocycles. The molecule has 1 aliphatic rings. The second-order valence-electron chi connectivity index (χ2n) is 7.11. The molecule has 0 atom stereocenters. The van der Waals surface area contributed by atoms with E-state index in [1.165, 1.54) is 29.8 Å². The molecule has 1 aromatic heterocycles. The number of benzene rings is 3. The van der Waals surface area contributed by atoms with Crippen molar-refractivity contribution in [2.24, 2.45) is 7.05 Å². The Morgan fingerprint density at radius 1 is 0.969 bits per heavy atom. The maximum atomic E-state index is 15.1. The van der Waals surface area contributed by atoms with E-state index in [0.717, 1.165) is 6.07 Å². The molecule has 32 heavy (non-hydrogen) atoms. The van der Waals surface area contributed by atoms with Crippen molar-refractivity contribution in [3.63, 3.8) is 0 Å². The van der Waals surface area contributed by atoms with Crippen molar-refractivity contribution in [3.8, 4) is 28.5 Å². The van der Waals surface area contributed by atoms with Crippen molar-refractivity contribution in [1.82, 2.24) is 0 Å². The number of alkyl halides is 3. The smallest absolute Gasteiger partial charge is 0.456 e. The lowest BCUT2D eigenvalue weighted by atomic mass is 9.96. The van der Waals surface area contributed by atoms with Crippen LogP contribution in [-0.2, 0) is 17.2 Å². The Bertz CT molecular complexity index is 1570. The van der Waals surface area contributed by atoms with Gasteiger partial charge >= 0.3 is 15.6 Å². The third-order valence-corrected chi connectivity index (χ3v) is 6.16. The Morgan fingerprint density at radius 3 is 2.44 bits per heavy atom. The minimum atomic E-state index is -6.00. The van der Waals surface area contributed by atoms with Crippen molar-refractivity contribution in [2.75, 3.05) is 0 Å². The van der Waals surface area contributed by atoms with Crippen molar-refractivity contribution < 1.29 is 43.9 Å². The number of hydrogen-bond donors (Lipinski definition) is 0. The number of halogens is 5. The maximum absolute atomic E-state index is 15.1. The number of pyridine rings is 1. The molecule has 0 spiro atoms. The minimum Gasteiger partial charge on any atom is -0.456 e. The fourth-order valence-corrected chi connectivity index (χ4v) is 4.33. The van der Waals surface area contributed by atoms with Crippen molar-refractivity contribution in [1.29, 1.82) is 0 Å². The topological polar surface area (TPSA) is 56.5 Å². The van der Waals surface area contributed by atoms with Gasteiger partial charge in [0.2, 0.25) is 11.2 Å². The summed E-state index contributed by atoms with van der Waals surface area (Å²) in [5.41, 5.74) is -4.89. The molecular weight excluding hydrogens is 457 g/mol. The zero-order valence-electron chi connectivity index (χ0n) is 16.0. The Labute approximate surface area is 177 Å². The Morgan fingerprint density at radius 2 is 1.72 bits per heavy atom. The van der Waals surface area contributed by atoms with E-state index in [0.29, 0.717) is 39.6 Å². The standard InChI is InChI=1S/C21H11F5NO4S/c1-27-15-9-11(31-32(28,29)21(24,25)26)8-14(23)18(15)12-3-2-4-17-19(12)20(27)13-7-10(22)5-6-16(13)30-17/h2-9H,1H3/q+1. The Hall–Kier alpha value is -3.47. The average molecular weight is 468 g/mol. The molecular formula is C21H11F5NO4S+. The number of fused-ring (bicyclic) bond motifs is 4. The summed E-state index contributed by atoms with van der Waals surface area (Å²) < 4.78 is 102. The normalized spacial score (nSPS) is 13.2. The van der Waals surface area contributed by atoms with E-state index >= 15 is 4.39 Å². The van der Waals surface area contributed by atoms with Crippen molar-refractivity contribution >= 4 is 31.8 Å². The van der Waals surface area contributed by atoms with Gasteiger partial charge in [-0.15, -0.1) is 0 Å². The summed E-state index contributed by atoms with van der Waals surface area (Å²) in [6.07, 6.45) is 0. The van der Waals surface area contributed by atoms with E-state index in [2.05, 4.69) is 4.18 Å². The Balaban J connectivity index is 1.87. The van der Waals surface area contributed by atoms with Crippen LogP contribution in [0.4, 0.5) is 22.0 Å². The fraction of sp³-hybridized carbons (Fsp3) is 0.0952. The van der Waals surface area contributed by atoms with Crippen LogP contribution in [0.1, 0.15) is 0 Å². The molecule has 3 aromatic carbocycles. The first kappa shape index (κ1) is 20.4. The number of rotatable bonds is 2. The summed E-state index contributed by atoms with van der Waals surface area (Å²) in [6.45, 7) is 0. The third kappa shape index (κ3) is 2.88. The highest BCUT2D eigenvalue weighted by molar-refractivity contribution is 7.88. The molecule has 164 valence electrons. The predicted octanol–water partition coefficient (Wildman–Crippen LogP) is 5.10. The van der Waals surface area contributed by atoms with Crippen LogP contribution in [-0.4, -0.2) is 13.9 Å². The first-order valence-electron chi connectivity index (χ1n) is 9.04. The minimum absolute atomic E-state index is 0.00769. The van der Waals surface area contributed by atoms with Crippen molar-refractivity contribution in [3.05, 3.63) is 60.2 Å². The second-order valence-corrected chi connectivity index (χ2v) is 8.65. The molecule has 0 unspecified atom stereocenters. The van der Waals surface area contributed by atoms with Gasteiger partial charge in [0.05, 0.1) is 22.4 Å². The van der Waals surface area contributed by atoms with Gasteiger partial charge in [-0.2, -0.15) is 26.2 Å². The number of aromatic nitrogens is 1. The molecule has 5 nitrogen and oxygen atoms in total. The van der Waals surface area contributed by atoms with Gasteiger partial charge in [0.15, 0.2) is 5.75 Å². The Kier molecular flexibility index (Phi) is 4.16. The fourth-order valence-electron chi connectivity index (χ4n) is 3.89. The van der Waals surface area contributed by atoms with E-state index in [4.69, 9.17) is 4.74 Å². The molecule has 5 rings (SSSR count). The van der Waals surface area contributed by atoms with E-state index in [1.807, 2.05) is 0 Å². The zero-order chi connectivity index (χ0) is 23.0. The molecule has 0 bridgehead atoms. The first-order valence-corrected chi connectivity index (χ1v) is 10.5. The van der Waals surface area contributed by atoms with Crippen LogP contribution in [0.3, 0.4) is 0 Å². The summed E-state index contributed by atoms with van der Waals surface area (Å²) >= 11 is 0. The van der Waals surface area contributed by atoms with Crippen LogP contribution < -0.4 is 13.5 Å². The molecule has 0 aliphatic carbocycles. The van der Waals surface area contributed by atoms with Crippen molar-refractivity contribution in [2.45, 2.75) is 5.51 Å². The van der Waals surface area contributed by atoms with Gasteiger partial charge < -0.3 is 8.92 Å². The van der Waals surface area contributed by atoms with Crippen LogP contribution in [0.5, 0.6) is 17.2 Å². The van der Waals surface area contributed by atoms with Crippen LogP contribution in [0.15, 0.2) is 48.5 Å². The number of aryl methyl sites for hydroxylation is 1. The monoisotopic (exact) mass is 468 g/mol. The third-order valence-electron chi connectivity index (χ3n) is 5.18. The molecule has 11 heteroatoms. The highest BCUT2D eigenvalue weighted by Crippen LogP contribution is 2.47. The first-order chi connectivity index (χ1) is 15.0. The predicted molar refractivity (Wildman–Crippen MR) is 104 cm³/mol. The largest absolute Gasteiger partial charge is 0.534 e. The van der Waals surface area contributed by atoms with E-state index < -0.39 is 33.0 Å². The van der Waals surface area contributed by atoms with E-state index in [-0.39, 0.29) is 10.9 Å². The van der Waals surface area contributed by atoms with E-state index in [9.17, 15) is 26.0 Å². The lowest BCUT2D eigenvalue weighted by Crippen LogP contribution is -2.34. The summed E-state index contributed by atoms with van der Waals surface area (Å²) in [7, 11) is -4.51. The van der Waals surface area contributed by atoms with Gasteiger partial charge in [-0.3, -0.25) is 0 Å². The van der Waals surface area contributed by atoms with Crippen LogP contribution in [0.2, 0.25) is 0 Å².